The van der Waals surface area contributed by atoms with E-state index in [1.54, 1.807) is 0 Å². The van der Waals surface area contributed by atoms with E-state index in [0.29, 0.717) is 0 Å². The van der Waals surface area contributed by atoms with Crippen LogP contribution in [0.2, 0.25) is 5.54 Å². The maximum Gasteiger partial charge on any atom is 0.0221 e. The highest BCUT2D eigenvalue weighted by atomic mass is 29.5. The molecule has 0 heterocycles. The van der Waals surface area contributed by atoms with Gasteiger partial charge in [-0.15, -0.1) is 0 Å². The number of hydrogen-bond donors (Lipinski definition) is 0. The summed E-state index contributed by atoms with van der Waals surface area (Å²) in [6.45, 7) is 0. The third kappa shape index (κ3) is 2.82. The van der Waals surface area contributed by atoms with Crippen LogP contribution in [0.5, 0.6) is 0 Å². The zero-order valence-electron chi connectivity index (χ0n) is 5.61. The third-order valence-electron chi connectivity index (χ3n) is 1.88. The molecule has 0 amide bonds. The molecule has 0 aromatic heterocycles. The molecule has 3 heteroatoms. The first-order chi connectivity index (χ1) is 4.43. The smallest absolute Gasteiger partial charge is 0.0221 e. The lowest BCUT2D eigenvalue weighted by molar-refractivity contribution is 0.503. The fourth-order valence-electron chi connectivity index (χ4n) is 1.35. The van der Waals surface area contributed by atoms with Crippen molar-refractivity contribution in [3.05, 3.63) is 0 Å². The van der Waals surface area contributed by atoms with Crippen molar-refractivity contribution in [1.29, 1.82) is 0 Å². The van der Waals surface area contributed by atoms with Gasteiger partial charge < -0.3 is 0 Å². The first-order valence-corrected chi connectivity index (χ1v) is 8.18. The van der Waals surface area contributed by atoms with E-state index in [2.05, 4.69) is 9.76 Å². The molecule has 0 spiro atoms. The number of hydrogen-bond acceptors (Lipinski definition) is 0. The van der Waals surface area contributed by atoms with Crippen LogP contribution in [0.3, 0.4) is 0 Å². The third-order valence-corrected chi connectivity index (χ3v) is 5.97. The Balaban J connectivity index is 2.08. The summed E-state index contributed by atoms with van der Waals surface area (Å²) in [5.74, 6) is 0. The van der Waals surface area contributed by atoms with Gasteiger partial charge in [0.05, 0.1) is 0 Å². The SMILES string of the molecule is [Si][Si][Si]C1CCCCC1. The van der Waals surface area contributed by atoms with Crippen LogP contribution in [0.25, 0.3) is 0 Å². The molecule has 0 unspecified atom stereocenters. The first kappa shape index (κ1) is 7.75. The lowest BCUT2D eigenvalue weighted by Gasteiger charge is -2.19. The van der Waals surface area contributed by atoms with E-state index < -0.39 is 0 Å². The summed E-state index contributed by atoms with van der Waals surface area (Å²) >= 11 is 0. The van der Waals surface area contributed by atoms with Gasteiger partial charge in [-0.1, -0.05) is 37.6 Å². The molecular formula is C6H11Si3. The Morgan fingerprint density at radius 3 is 2.33 bits per heavy atom. The molecule has 47 valence electrons. The molecule has 1 saturated carbocycles. The van der Waals surface area contributed by atoms with Crippen molar-refractivity contribution in [3.63, 3.8) is 0 Å². The van der Waals surface area contributed by atoms with E-state index in [0.717, 1.165) is 14.1 Å². The zero-order chi connectivity index (χ0) is 6.53. The second kappa shape index (κ2) is 4.46. The average molecular weight is 167 g/mol. The predicted octanol–water partition coefficient (Wildman–Crippen LogP) is 1.15. The Labute approximate surface area is 65.5 Å². The van der Waals surface area contributed by atoms with Gasteiger partial charge in [0.15, 0.2) is 0 Å². The molecule has 0 bridgehead atoms. The molecular weight excluding hydrogens is 156 g/mol. The van der Waals surface area contributed by atoms with E-state index in [1.807, 2.05) is 0 Å². The second-order valence-corrected chi connectivity index (χ2v) is 7.83. The Morgan fingerprint density at radius 1 is 1.11 bits per heavy atom. The van der Waals surface area contributed by atoms with Crippen LogP contribution in [-0.4, -0.2) is 27.4 Å². The van der Waals surface area contributed by atoms with Gasteiger partial charge in [0.1, 0.15) is 0 Å². The van der Waals surface area contributed by atoms with Crippen LogP contribution in [-0.2, 0) is 0 Å². The van der Waals surface area contributed by atoms with Crippen LogP contribution in [0.1, 0.15) is 32.1 Å². The molecule has 1 aliphatic carbocycles. The fraction of sp³-hybridized carbons (Fsp3) is 1.00. The number of rotatable bonds is 2. The van der Waals surface area contributed by atoms with E-state index in [1.165, 1.54) is 41.1 Å². The zero-order valence-corrected chi connectivity index (χ0v) is 8.61. The van der Waals surface area contributed by atoms with E-state index in [9.17, 15) is 0 Å². The monoisotopic (exact) mass is 167 g/mol. The molecule has 0 aromatic rings. The summed E-state index contributed by atoms with van der Waals surface area (Å²) in [4.78, 5) is 0. The Bertz CT molecular complexity index is 65.9. The van der Waals surface area contributed by atoms with Crippen molar-refractivity contribution < 1.29 is 0 Å². The van der Waals surface area contributed by atoms with Crippen molar-refractivity contribution in [2.45, 2.75) is 37.6 Å². The summed E-state index contributed by atoms with van der Waals surface area (Å²) in [7, 11) is 5.80. The van der Waals surface area contributed by atoms with Gasteiger partial charge in [-0.2, -0.15) is 0 Å². The lowest BCUT2D eigenvalue weighted by atomic mass is 10.0. The minimum atomic E-state index is 1.02. The van der Waals surface area contributed by atoms with Crippen LogP contribution < -0.4 is 0 Å². The molecule has 1 fully saturated rings. The highest BCUT2D eigenvalue weighted by Crippen LogP contribution is 2.26. The highest BCUT2D eigenvalue weighted by molar-refractivity contribution is 7.24. The molecule has 7 radical (unpaired) electrons. The topological polar surface area (TPSA) is 0 Å². The van der Waals surface area contributed by atoms with Gasteiger partial charge in [-0.05, 0) is 0 Å². The first-order valence-electron chi connectivity index (χ1n) is 3.61. The molecule has 0 nitrogen and oxygen atoms in total. The minimum Gasteiger partial charge on any atom is -0.0535 e. The maximum absolute atomic E-state index is 3.57. The van der Waals surface area contributed by atoms with E-state index in [4.69, 9.17) is 0 Å². The summed E-state index contributed by atoms with van der Waals surface area (Å²) in [6.07, 6.45) is 7.50. The standard InChI is InChI=1S/C6H11Si3/c7-9-8-6-4-2-1-3-5-6/h6H,1-5H2. The Hall–Kier alpha value is 0.651. The summed E-state index contributed by atoms with van der Waals surface area (Å²) in [5, 5.41) is 0. The molecule has 1 rings (SSSR count). The van der Waals surface area contributed by atoms with E-state index in [-0.39, 0.29) is 0 Å². The van der Waals surface area contributed by atoms with Gasteiger partial charge in [0.2, 0.25) is 0 Å². The van der Waals surface area contributed by atoms with Crippen molar-refractivity contribution in [1.82, 2.24) is 0 Å². The Morgan fingerprint density at radius 2 is 1.78 bits per heavy atom. The highest BCUT2D eigenvalue weighted by Gasteiger charge is 2.11. The normalized spacial score (nSPS) is 22.3. The molecule has 0 aliphatic heterocycles. The average Bonchev–Trinajstić information content (AvgIpc) is 1.91. The van der Waals surface area contributed by atoms with Gasteiger partial charge in [-0.25, -0.2) is 0 Å². The minimum absolute atomic E-state index is 1.02. The fourth-order valence-corrected chi connectivity index (χ4v) is 5.57. The molecule has 9 heavy (non-hydrogen) atoms. The Kier molecular flexibility index (Phi) is 3.85. The van der Waals surface area contributed by atoms with Gasteiger partial charge >= 0.3 is 0 Å². The van der Waals surface area contributed by atoms with Crippen LogP contribution in [0, 0.1) is 0 Å². The van der Waals surface area contributed by atoms with Crippen molar-refractivity contribution in [2.24, 2.45) is 0 Å². The summed E-state index contributed by atoms with van der Waals surface area (Å²) in [5.41, 5.74) is 1.09. The van der Waals surface area contributed by atoms with Crippen molar-refractivity contribution in [2.75, 3.05) is 0 Å². The van der Waals surface area contributed by atoms with Gasteiger partial charge in [0.25, 0.3) is 0 Å². The van der Waals surface area contributed by atoms with Crippen LogP contribution >= 0.6 is 0 Å². The lowest BCUT2D eigenvalue weighted by Crippen LogP contribution is -2.14. The summed E-state index contributed by atoms with van der Waals surface area (Å²) < 4.78 is 0. The van der Waals surface area contributed by atoms with Gasteiger partial charge in [-0.3, -0.25) is 0 Å². The van der Waals surface area contributed by atoms with Crippen molar-refractivity contribution in [3.8, 4) is 0 Å². The van der Waals surface area contributed by atoms with Gasteiger partial charge in [0, 0.05) is 27.4 Å². The van der Waals surface area contributed by atoms with Crippen molar-refractivity contribution >= 4 is 27.4 Å². The van der Waals surface area contributed by atoms with Crippen LogP contribution in [0.4, 0.5) is 0 Å². The largest absolute Gasteiger partial charge is 0.0535 e. The summed E-state index contributed by atoms with van der Waals surface area (Å²) in [6, 6.07) is 0. The maximum atomic E-state index is 3.57. The predicted molar refractivity (Wildman–Crippen MR) is 44.1 cm³/mol. The quantitative estimate of drug-likeness (QED) is 0.541. The molecule has 1 aliphatic rings. The van der Waals surface area contributed by atoms with E-state index >= 15 is 0 Å². The molecule has 0 atom stereocenters. The van der Waals surface area contributed by atoms with Crippen LogP contribution in [0.15, 0.2) is 0 Å². The molecule has 0 saturated heterocycles. The molecule has 0 aromatic carbocycles. The molecule has 0 N–H and O–H groups in total. The second-order valence-electron chi connectivity index (χ2n) is 2.60.